The minimum atomic E-state index is -0.344. The molecule has 0 amide bonds. The Morgan fingerprint density at radius 1 is 0.375 bits per heavy atom. The van der Waals surface area contributed by atoms with Crippen LogP contribution in [0.4, 0.5) is 11.4 Å². The van der Waals surface area contributed by atoms with Crippen LogP contribution < -0.4 is 10.6 Å². The van der Waals surface area contributed by atoms with Gasteiger partial charge < -0.3 is 10.6 Å². The number of rotatable bonds is 4. The molecule has 0 saturated heterocycles. The van der Waals surface area contributed by atoms with Crippen molar-refractivity contribution in [3.05, 3.63) is 199 Å². The van der Waals surface area contributed by atoms with Gasteiger partial charge in [0.15, 0.2) is 0 Å². The summed E-state index contributed by atoms with van der Waals surface area (Å²) in [6.07, 6.45) is 3.90. The van der Waals surface area contributed by atoms with E-state index in [1.807, 2.05) is 134 Å². The summed E-state index contributed by atoms with van der Waals surface area (Å²) in [4.78, 5) is 10.7. The van der Waals surface area contributed by atoms with Crippen LogP contribution in [0.15, 0.2) is 156 Å². The number of fused-ring (bicyclic) bond motifs is 2. The number of hydrogen-bond acceptors (Lipinski definition) is 4. The normalized spacial score (nSPS) is 17.6. The highest BCUT2D eigenvalue weighted by Crippen LogP contribution is 2.40. The predicted molar refractivity (Wildman–Crippen MR) is 245 cm³/mol. The van der Waals surface area contributed by atoms with E-state index in [1.54, 1.807) is 0 Å². The molecule has 0 unspecified atom stereocenters. The summed E-state index contributed by atoms with van der Waals surface area (Å²) in [5, 5.41) is 10.8. The van der Waals surface area contributed by atoms with Crippen LogP contribution in [0.25, 0.3) is 0 Å². The molecule has 0 fully saturated rings. The number of halogens is 8. The van der Waals surface area contributed by atoms with Gasteiger partial charge in [-0.3, -0.25) is 9.98 Å². The molecule has 0 saturated carbocycles. The van der Waals surface area contributed by atoms with Crippen molar-refractivity contribution in [1.82, 2.24) is 0 Å². The lowest BCUT2D eigenvalue weighted by Gasteiger charge is -2.30. The Morgan fingerprint density at radius 3 is 0.946 bits per heavy atom. The van der Waals surface area contributed by atoms with Crippen LogP contribution in [0, 0.1) is 0 Å². The summed E-state index contributed by atoms with van der Waals surface area (Å²) in [5.41, 5.74) is 7.74. The van der Waals surface area contributed by atoms with E-state index in [0.717, 1.165) is 44.8 Å². The second-order valence-corrected chi connectivity index (χ2v) is 15.6. The zero-order valence-electron chi connectivity index (χ0n) is 29.7. The molecule has 0 aliphatic carbocycles. The van der Waals surface area contributed by atoms with E-state index >= 15 is 0 Å². The minimum absolute atomic E-state index is 0.194. The number of alkyl halides is 4. The van der Waals surface area contributed by atoms with E-state index in [2.05, 4.69) is 34.9 Å². The molecule has 1 heterocycles. The molecule has 6 aromatic rings. The van der Waals surface area contributed by atoms with Crippen LogP contribution in [-0.2, 0) is 0 Å². The SMILES string of the molecule is ClCCl.ClCCl.Clc1ccc([C@H]2N=Cc3ccccc3N[C@H](c3ccc(Cl)cc3)[C@@H](c3ccc(Cl)cc3)N=Cc3ccccc3N[C@@H]2c2ccc(Cl)cc2)cc1. The lowest BCUT2D eigenvalue weighted by Crippen LogP contribution is -2.21. The Bertz CT molecular complexity index is 2000. The highest BCUT2D eigenvalue weighted by Gasteiger charge is 2.28. The van der Waals surface area contributed by atoms with Gasteiger partial charge in [0.1, 0.15) is 0 Å². The molecule has 7 rings (SSSR count). The van der Waals surface area contributed by atoms with E-state index < -0.39 is 0 Å². The van der Waals surface area contributed by atoms with Crippen LogP contribution >= 0.6 is 92.8 Å². The molecule has 6 aromatic carbocycles. The Labute approximate surface area is 368 Å². The summed E-state index contributed by atoms with van der Waals surface area (Å²) in [6.45, 7) is 0. The van der Waals surface area contributed by atoms with Gasteiger partial charge >= 0.3 is 0 Å². The maximum Gasteiger partial charge on any atom is 0.0992 e. The lowest BCUT2D eigenvalue weighted by molar-refractivity contribution is 0.611. The molecule has 0 aromatic heterocycles. The third-order valence-corrected chi connectivity index (χ3v) is 9.81. The quantitative estimate of drug-likeness (QED) is 0.173. The highest BCUT2D eigenvalue weighted by atomic mass is 35.5. The van der Waals surface area contributed by atoms with Crippen molar-refractivity contribution in [2.75, 3.05) is 21.3 Å². The number of hydrogen-bond donors (Lipinski definition) is 2. The molecule has 56 heavy (non-hydrogen) atoms. The summed E-state index contributed by atoms with van der Waals surface area (Å²) in [6, 6.07) is 46.6. The minimum Gasteiger partial charge on any atom is -0.375 e. The zero-order chi connectivity index (χ0) is 39.9. The van der Waals surface area contributed by atoms with Gasteiger partial charge in [-0.25, -0.2) is 0 Å². The van der Waals surface area contributed by atoms with Gasteiger partial charge in [-0.2, -0.15) is 0 Å². The van der Waals surface area contributed by atoms with Crippen LogP contribution in [0.5, 0.6) is 0 Å². The third kappa shape index (κ3) is 12.3. The van der Waals surface area contributed by atoms with Crippen molar-refractivity contribution in [1.29, 1.82) is 0 Å². The Balaban J connectivity index is 0.000000941. The summed E-state index contributed by atoms with van der Waals surface area (Å²) in [7, 11) is 0. The third-order valence-electron chi connectivity index (χ3n) is 8.80. The van der Waals surface area contributed by atoms with Gasteiger partial charge in [-0.05, 0) is 82.9 Å². The van der Waals surface area contributed by atoms with Crippen LogP contribution in [0.3, 0.4) is 0 Å². The number of anilines is 2. The van der Waals surface area contributed by atoms with E-state index in [-0.39, 0.29) is 34.8 Å². The second-order valence-electron chi connectivity index (χ2n) is 12.3. The first-order chi connectivity index (χ1) is 27.2. The van der Waals surface area contributed by atoms with E-state index in [9.17, 15) is 0 Å². The molecule has 0 spiro atoms. The molecule has 288 valence electrons. The van der Waals surface area contributed by atoms with Crippen molar-refractivity contribution in [2.24, 2.45) is 9.98 Å². The smallest absolute Gasteiger partial charge is 0.0992 e. The molecular formula is C44H36Cl8N4. The monoisotopic (exact) mass is 900 g/mol. The van der Waals surface area contributed by atoms with Gasteiger partial charge in [0, 0.05) is 55.0 Å². The van der Waals surface area contributed by atoms with Crippen molar-refractivity contribution in [3.8, 4) is 0 Å². The lowest BCUT2D eigenvalue weighted by atomic mass is 9.92. The van der Waals surface area contributed by atoms with E-state index in [1.165, 1.54) is 0 Å². The standard InChI is InChI=1S/C42H32Cl4N4.2CH2Cl2/c43-33-17-9-27(10-18-33)39-42(30-15-23-36(46)24-16-30)50-38-8-4-2-6-32(38)26-48-40(28-11-19-34(44)20-12-28)41(29-13-21-35(45)22-14-29)49-37-7-3-1-5-31(37)25-47-39;2*2-1-3/h1-26,39-42,49-50H;2*1H2/t39-,40-,41-,42-;;/m1../s1. The maximum atomic E-state index is 6.37. The first kappa shape index (κ1) is 43.7. The number of benzene rings is 6. The first-order valence-electron chi connectivity index (χ1n) is 17.3. The Morgan fingerprint density at radius 2 is 0.643 bits per heavy atom. The van der Waals surface area contributed by atoms with Gasteiger partial charge in [0.25, 0.3) is 0 Å². The zero-order valence-corrected chi connectivity index (χ0v) is 35.7. The average molecular weight is 904 g/mol. The largest absolute Gasteiger partial charge is 0.375 e. The van der Waals surface area contributed by atoms with Gasteiger partial charge in [-0.15, -0.1) is 46.4 Å². The van der Waals surface area contributed by atoms with Crippen molar-refractivity contribution in [3.63, 3.8) is 0 Å². The molecule has 0 radical (unpaired) electrons. The van der Waals surface area contributed by atoms with Crippen molar-refractivity contribution < 1.29 is 0 Å². The van der Waals surface area contributed by atoms with E-state index in [0.29, 0.717) is 20.1 Å². The topological polar surface area (TPSA) is 48.8 Å². The molecular weight excluding hydrogens is 868 g/mol. The predicted octanol–water partition coefficient (Wildman–Crippen LogP) is 15.5. The summed E-state index contributed by atoms with van der Waals surface area (Å²) in [5.74, 6) is 0. The fourth-order valence-electron chi connectivity index (χ4n) is 6.22. The fraction of sp³-hybridized carbons (Fsp3) is 0.136. The van der Waals surface area contributed by atoms with E-state index in [4.69, 9.17) is 103 Å². The molecule has 4 nitrogen and oxygen atoms in total. The molecule has 1 aliphatic rings. The number of nitrogens with one attached hydrogen (secondary N) is 2. The van der Waals surface area contributed by atoms with Gasteiger partial charge in [-0.1, -0.05) is 131 Å². The van der Waals surface area contributed by atoms with Gasteiger partial charge in [0.2, 0.25) is 0 Å². The number of para-hydroxylation sites is 2. The van der Waals surface area contributed by atoms with Crippen molar-refractivity contribution in [2.45, 2.75) is 24.2 Å². The number of aliphatic imine (C=N–C) groups is 2. The number of nitrogens with zero attached hydrogens (tertiary/aromatic N) is 2. The molecule has 2 N–H and O–H groups in total. The fourth-order valence-corrected chi connectivity index (χ4v) is 6.72. The van der Waals surface area contributed by atoms with Gasteiger partial charge in [0.05, 0.1) is 34.8 Å². The Kier molecular flexibility index (Phi) is 17.6. The van der Waals surface area contributed by atoms with Crippen LogP contribution in [0.1, 0.15) is 57.5 Å². The summed E-state index contributed by atoms with van der Waals surface area (Å²) < 4.78 is 0. The van der Waals surface area contributed by atoms with Crippen LogP contribution in [0.2, 0.25) is 20.1 Å². The Hall–Kier alpha value is -3.42. The van der Waals surface area contributed by atoms with Crippen LogP contribution in [-0.4, -0.2) is 23.1 Å². The average Bonchev–Trinajstić information content (AvgIpc) is 3.20. The first-order valence-corrected chi connectivity index (χ1v) is 20.9. The second kappa shape index (κ2) is 22.5. The maximum absolute atomic E-state index is 6.37. The molecule has 0 bridgehead atoms. The molecule has 12 heteroatoms. The highest BCUT2D eigenvalue weighted by molar-refractivity contribution is 6.41. The molecule has 4 atom stereocenters. The van der Waals surface area contributed by atoms with Crippen molar-refractivity contribution >= 4 is 117 Å². The summed E-state index contributed by atoms with van der Waals surface area (Å²) >= 11 is 44.5. The molecule has 1 aliphatic heterocycles.